The van der Waals surface area contributed by atoms with Gasteiger partial charge in [0.2, 0.25) is 0 Å². The summed E-state index contributed by atoms with van der Waals surface area (Å²) in [5, 5.41) is 15.2. The topological polar surface area (TPSA) is 202 Å². The Hall–Kier alpha value is -9.57. The molecule has 2 saturated heterocycles. The van der Waals surface area contributed by atoms with E-state index < -0.39 is 15.9 Å². The summed E-state index contributed by atoms with van der Waals surface area (Å²) in [4.78, 5) is 40.7. The van der Waals surface area contributed by atoms with E-state index in [9.17, 15) is 18.0 Å². The van der Waals surface area contributed by atoms with Crippen LogP contribution in [0.4, 0.5) is 5.69 Å². The summed E-state index contributed by atoms with van der Waals surface area (Å²) in [6.45, 7) is 12.6. The minimum absolute atomic E-state index is 0.114. The molecule has 88 heavy (non-hydrogen) atoms. The first kappa shape index (κ1) is 58.8. The molecule has 0 bridgehead atoms. The van der Waals surface area contributed by atoms with Crippen molar-refractivity contribution >= 4 is 44.3 Å². The highest BCUT2D eigenvalue weighted by molar-refractivity contribution is 7.90. The van der Waals surface area contributed by atoms with E-state index in [0.29, 0.717) is 60.7 Å². The van der Waals surface area contributed by atoms with Gasteiger partial charge in [-0.05, 0) is 77.7 Å². The highest BCUT2D eigenvalue weighted by Crippen LogP contribution is 2.34. The molecule has 20 heteroatoms. The van der Waals surface area contributed by atoms with Gasteiger partial charge in [0.05, 0.1) is 79.3 Å². The molecule has 3 aliphatic rings. The lowest BCUT2D eigenvalue weighted by Gasteiger charge is -2.26. The van der Waals surface area contributed by atoms with Crippen molar-refractivity contribution in [1.82, 2.24) is 48.6 Å². The van der Waals surface area contributed by atoms with Gasteiger partial charge in [0.1, 0.15) is 24.7 Å². The van der Waals surface area contributed by atoms with Crippen LogP contribution in [0.1, 0.15) is 48.7 Å². The van der Waals surface area contributed by atoms with Gasteiger partial charge in [-0.25, -0.2) is 17.4 Å². The number of benzene rings is 5. The van der Waals surface area contributed by atoms with Crippen molar-refractivity contribution in [2.45, 2.75) is 31.3 Å². The average molecular weight is 1200 g/mol. The third kappa shape index (κ3) is 14.5. The van der Waals surface area contributed by atoms with Gasteiger partial charge in [0.25, 0.3) is 21.8 Å². The Morgan fingerprint density at radius 2 is 1.10 bits per heavy atom. The fraction of sp³-hybridized carbons (Fsp3) is 0.235. The number of aryl methyl sites for hydroxylation is 1. The SMILES string of the molecule is Cc1ccc(S(=O)(=O)n2cc(NC(=O)c3cnn(Cc4ccccc4)c3)c3cc(-c4cccc(OCCN5CCOCC5)c4)cnc32)cc1.O=C(NC1=CCc2ncc(-c3cccc(OCCN4CCOCC4)c3)cc21)c1cnn(Cc2ccccc2)c1. The molecule has 13 rings (SSSR count). The zero-order valence-corrected chi connectivity index (χ0v) is 49.6. The molecule has 2 N–H and O–H groups in total. The maximum atomic E-state index is 13.9. The number of carbonyl (C=O) groups excluding carboxylic acids is 2. The van der Waals surface area contributed by atoms with Gasteiger partial charge in [-0.1, -0.05) is 109 Å². The van der Waals surface area contributed by atoms with Crippen molar-refractivity contribution in [3.05, 3.63) is 234 Å². The molecule has 0 atom stereocenters. The van der Waals surface area contributed by atoms with Crippen molar-refractivity contribution in [1.29, 1.82) is 0 Å². The number of pyridine rings is 2. The van der Waals surface area contributed by atoms with Crippen molar-refractivity contribution in [2.75, 3.05) is 84.2 Å². The van der Waals surface area contributed by atoms with Gasteiger partial charge in [-0.15, -0.1) is 0 Å². The van der Waals surface area contributed by atoms with E-state index in [4.69, 9.17) is 23.9 Å². The molecule has 5 aromatic carbocycles. The van der Waals surface area contributed by atoms with Gasteiger partial charge >= 0.3 is 0 Å². The monoisotopic (exact) mass is 1200 g/mol. The smallest absolute Gasteiger partial charge is 0.269 e. The molecule has 10 aromatic rings. The first-order chi connectivity index (χ1) is 43.0. The van der Waals surface area contributed by atoms with Gasteiger partial charge in [-0.2, -0.15) is 10.2 Å². The molecule has 2 aliphatic heterocycles. The van der Waals surface area contributed by atoms with Gasteiger partial charge in [0, 0.05) is 104 Å². The van der Waals surface area contributed by atoms with E-state index in [1.807, 2.05) is 128 Å². The fourth-order valence-electron chi connectivity index (χ4n) is 10.6. The van der Waals surface area contributed by atoms with Crippen molar-refractivity contribution in [3.63, 3.8) is 0 Å². The Labute approximate surface area is 510 Å². The number of aromatic nitrogens is 7. The molecule has 0 saturated carbocycles. The summed E-state index contributed by atoms with van der Waals surface area (Å²) in [6.07, 6.45) is 14.2. The number of hydrogen-bond acceptors (Lipinski definition) is 14. The van der Waals surface area contributed by atoms with Gasteiger partial charge in [0.15, 0.2) is 5.65 Å². The second-order valence-electron chi connectivity index (χ2n) is 21.7. The molecule has 1 aliphatic carbocycles. The summed E-state index contributed by atoms with van der Waals surface area (Å²) in [6, 6.07) is 46.2. The molecule has 19 nitrogen and oxygen atoms in total. The summed E-state index contributed by atoms with van der Waals surface area (Å²) < 4.78 is 55.3. The van der Waals surface area contributed by atoms with Crippen LogP contribution < -0.4 is 20.1 Å². The van der Waals surface area contributed by atoms with E-state index in [1.165, 1.54) is 12.4 Å². The molecule has 0 radical (unpaired) electrons. The highest BCUT2D eigenvalue weighted by Gasteiger charge is 2.25. The van der Waals surface area contributed by atoms with Crippen LogP contribution in [0.15, 0.2) is 200 Å². The third-order valence-corrected chi connectivity index (χ3v) is 17.2. The average Bonchev–Trinajstić information content (AvgIpc) is 1.97. The normalized spacial score (nSPS) is 14.4. The van der Waals surface area contributed by atoms with E-state index in [1.54, 1.807) is 58.4 Å². The molecule has 2 amide bonds. The highest BCUT2D eigenvalue weighted by atomic mass is 32.2. The minimum Gasteiger partial charge on any atom is -0.492 e. The Kier molecular flexibility index (Phi) is 18.3. The molecule has 5 aromatic heterocycles. The van der Waals surface area contributed by atoms with Crippen LogP contribution in [0.25, 0.3) is 39.0 Å². The number of hydrogen-bond donors (Lipinski definition) is 2. The lowest BCUT2D eigenvalue weighted by molar-refractivity contribution is 0.0322. The van der Waals surface area contributed by atoms with Crippen molar-refractivity contribution < 1.29 is 37.0 Å². The number of ether oxygens (including phenoxy) is 4. The molecular weight excluding hydrogens is 1130 g/mol. The Bertz CT molecular complexity index is 4190. The maximum Gasteiger partial charge on any atom is 0.269 e. The zero-order valence-electron chi connectivity index (χ0n) is 48.8. The number of morpholine rings is 2. The lowest BCUT2D eigenvalue weighted by atomic mass is 10.0. The van der Waals surface area contributed by atoms with E-state index in [0.717, 1.165) is 131 Å². The number of fused-ring (bicyclic) bond motifs is 2. The molecule has 0 spiro atoms. The second-order valence-corrected chi connectivity index (χ2v) is 23.5. The maximum absolute atomic E-state index is 13.9. The molecule has 2 fully saturated rings. The fourth-order valence-corrected chi connectivity index (χ4v) is 12.0. The summed E-state index contributed by atoms with van der Waals surface area (Å²) >= 11 is 0. The lowest BCUT2D eigenvalue weighted by Crippen LogP contribution is -2.38. The molecule has 448 valence electrons. The van der Waals surface area contributed by atoms with Crippen LogP contribution in [0.3, 0.4) is 0 Å². The van der Waals surface area contributed by atoms with Crippen LogP contribution in [-0.2, 0) is 39.0 Å². The molecule has 0 unspecified atom stereocenters. The summed E-state index contributed by atoms with van der Waals surface area (Å²) in [5.74, 6) is 0.936. The van der Waals surface area contributed by atoms with Crippen LogP contribution in [-0.4, -0.2) is 142 Å². The van der Waals surface area contributed by atoms with Gasteiger partial charge < -0.3 is 29.6 Å². The molecule has 7 heterocycles. The number of amides is 2. The Morgan fingerprint density at radius 3 is 1.67 bits per heavy atom. The largest absolute Gasteiger partial charge is 0.492 e. The number of carbonyl (C=O) groups is 2. The number of allylic oxidation sites excluding steroid dienone is 1. The first-order valence-electron chi connectivity index (χ1n) is 29.4. The molecular formula is C68H67N11O8S. The van der Waals surface area contributed by atoms with E-state index in [-0.39, 0.29) is 16.4 Å². The number of nitrogens with one attached hydrogen (secondary N) is 2. The van der Waals surface area contributed by atoms with Crippen LogP contribution in [0.5, 0.6) is 11.5 Å². The van der Waals surface area contributed by atoms with E-state index in [2.05, 4.69) is 47.7 Å². The standard InChI is InChI=1S/C37H36N6O5S.C31H31N5O3/c1-27-10-12-33(13-11-27)49(45,46)43-26-35(40-37(44)31-23-39-42(25-31)24-28-6-3-2-4-7-28)34-21-30(22-38-36(34)43)29-8-5-9-32(20-29)48-19-16-41-14-17-47-18-15-41;37-31(26-20-33-36(22-26)21-23-5-2-1-3-6-23)34-30-10-9-29-28(30)18-25(19-32-29)24-7-4-8-27(17-24)39-16-13-35-11-14-38-15-12-35/h2-13,20-23,25-26H,14-19,24H2,1H3,(H,40,44);1-8,10,17-20,22H,9,11-16,21H2,(H,34,37). The van der Waals surface area contributed by atoms with Gasteiger partial charge in [-0.3, -0.25) is 33.7 Å². The minimum atomic E-state index is -4.04. The van der Waals surface area contributed by atoms with E-state index >= 15 is 0 Å². The first-order valence-corrected chi connectivity index (χ1v) is 30.8. The van der Waals surface area contributed by atoms with Crippen LogP contribution in [0, 0.1) is 6.92 Å². The van der Waals surface area contributed by atoms with Crippen molar-refractivity contribution in [2.24, 2.45) is 0 Å². The predicted octanol–water partition coefficient (Wildman–Crippen LogP) is 9.49. The number of anilines is 1. The predicted molar refractivity (Wildman–Crippen MR) is 337 cm³/mol. The van der Waals surface area contributed by atoms with Crippen LogP contribution >= 0.6 is 0 Å². The summed E-state index contributed by atoms with van der Waals surface area (Å²) in [7, 11) is -4.04. The van der Waals surface area contributed by atoms with Crippen molar-refractivity contribution in [3.8, 4) is 33.8 Å². The zero-order chi connectivity index (χ0) is 60.2. The number of nitrogens with zero attached hydrogens (tertiary/aromatic N) is 9. The van der Waals surface area contributed by atoms with Crippen LogP contribution in [0.2, 0.25) is 0 Å². The Balaban J connectivity index is 0.000000176. The quantitative estimate of drug-likeness (QED) is 0.0730. The second kappa shape index (κ2) is 27.4. The Morgan fingerprint density at radius 1 is 0.568 bits per heavy atom. The third-order valence-electron chi connectivity index (χ3n) is 15.5. The number of rotatable bonds is 20. The summed E-state index contributed by atoms with van der Waals surface area (Å²) in [5.41, 5.74) is 10.7.